The fourth-order valence-corrected chi connectivity index (χ4v) is 5.13. The zero-order valence-corrected chi connectivity index (χ0v) is 17.4. The molecule has 29 heavy (non-hydrogen) atoms. The largest absolute Gasteiger partial charge is 0.466 e. The number of rotatable bonds is 8. The molecule has 1 fully saturated rings. The first-order valence-corrected chi connectivity index (χ1v) is 11.3. The number of hydrogen-bond acceptors (Lipinski definition) is 5. The van der Waals surface area contributed by atoms with Gasteiger partial charge in [-0.15, -0.1) is 6.58 Å². The Balaban J connectivity index is 1.65. The van der Waals surface area contributed by atoms with Crippen molar-refractivity contribution in [2.24, 2.45) is 5.41 Å². The van der Waals surface area contributed by atoms with E-state index in [-0.39, 0.29) is 16.9 Å². The number of ether oxygens (including phenoxy) is 1. The Morgan fingerprint density at radius 2 is 2.03 bits per heavy atom. The van der Waals surface area contributed by atoms with E-state index in [1.165, 1.54) is 0 Å². The summed E-state index contributed by atoms with van der Waals surface area (Å²) in [5.41, 5.74) is 0.195. The highest BCUT2D eigenvalue weighted by Crippen LogP contribution is 2.41. The summed E-state index contributed by atoms with van der Waals surface area (Å²) < 4.78 is 35.3. The standard InChI is InChI=1S/C21H27N3O4S/c1-3-12-21(20(25)28-4-2)13-10-17(11-14-21)23-29(26,27)19-8-6-18(7-9-19)24-16-5-15-22-24/h3,5-9,15-17,23H,1,4,10-14H2,2H3. The van der Waals surface area contributed by atoms with Crippen LogP contribution in [0.2, 0.25) is 0 Å². The van der Waals surface area contributed by atoms with Crippen LogP contribution in [0.5, 0.6) is 0 Å². The maximum atomic E-state index is 12.8. The van der Waals surface area contributed by atoms with E-state index in [1.807, 2.05) is 0 Å². The van der Waals surface area contributed by atoms with Gasteiger partial charge in [0.1, 0.15) is 0 Å². The fraction of sp³-hybridized carbons (Fsp3) is 0.429. The third kappa shape index (κ3) is 4.76. The number of aromatic nitrogens is 2. The molecule has 0 spiro atoms. The van der Waals surface area contributed by atoms with Crippen molar-refractivity contribution in [2.75, 3.05) is 6.61 Å². The Hall–Kier alpha value is -2.45. The average Bonchev–Trinajstić information content (AvgIpc) is 3.25. The van der Waals surface area contributed by atoms with Gasteiger partial charge >= 0.3 is 5.97 Å². The molecule has 0 unspecified atom stereocenters. The van der Waals surface area contributed by atoms with Crippen LogP contribution < -0.4 is 4.72 Å². The van der Waals surface area contributed by atoms with Gasteiger partial charge in [0.2, 0.25) is 10.0 Å². The third-order valence-corrected chi connectivity index (χ3v) is 6.96. The van der Waals surface area contributed by atoms with E-state index in [9.17, 15) is 13.2 Å². The lowest BCUT2D eigenvalue weighted by Gasteiger charge is -2.37. The molecule has 1 aliphatic rings. The molecule has 7 nitrogen and oxygen atoms in total. The SMILES string of the molecule is C=CCC1(C(=O)OCC)CCC(NS(=O)(=O)c2ccc(-n3cccn3)cc2)CC1. The second-order valence-electron chi connectivity index (χ2n) is 7.33. The molecule has 1 aromatic carbocycles. The van der Waals surface area contributed by atoms with E-state index < -0.39 is 15.4 Å². The van der Waals surface area contributed by atoms with Crippen LogP contribution in [0, 0.1) is 5.41 Å². The topological polar surface area (TPSA) is 90.3 Å². The quantitative estimate of drug-likeness (QED) is 0.526. The summed E-state index contributed by atoms with van der Waals surface area (Å²) in [5.74, 6) is -0.213. The maximum absolute atomic E-state index is 12.8. The summed E-state index contributed by atoms with van der Waals surface area (Å²) in [6, 6.07) is 8.18. The lowest BCUT2D eigenvalue weighted by atomic mass is 9.70. The number of carbonyl (C=O) groups is 1. The molecule has 0 atom stereocenters. The smallest absolute Gasteiger partial charge is 0.312 e. The summed E-state index contributed by atoms with van der Waals surface area (Å²) in [6.45, 7) is 5.88. The van der Waals surface area contributed by atoms with Gasteiger partial charge in [0, 0.05) is 18.4 Å². The molecule has 1 heterocycles. The molecule has 8 heteroatoms. The summed E-state index contributed by atoms with van der Waals surface area (Å²) in [7, 11) is -3.64. The van der Waals surface area contributed by atoms with Crippen LogP contribution in [-0.4, -0.2) is 36.8 Å². The van der Waals surface area contributed by atoms with E-state index in [2.05, 4.69) is 16.4 Å². The van der Waals surface area contributed by atoms with Crippen molar-refractivity contribution in [3.8, 4) is 5.69 Å². The highest BCUT2D eigenvalue weighted by Gasteiger charge is 2.42. The van der Waals surface area contributed by atoms with Crippen LogP contribution in [0.15, 0.2) is 60.3 Å². The van der Waals surface area contributed by atoms with E-state index in [4.69, 9.17) is 4.74 Å². The van der Waals surface area contributed by atoms with Crippen molar-refractivity contribution in [2.45, 2.75) is 50.0 Å². The molecule has 156 valence electrons. The van der Waals surface area contributed by atoms with Gasteiger partial charge in [0.25, 0.3) is 0 Å². The van der Waals surface area contributed by atoms with Crippen LogP contribution in [0.3, 0.4) is 0 Å². The minimum absolute atomic E-state index is 0.210. The molecular weight excluding hydrogens is 390 g/mol. The molecule has 0 radical (unpaired) electrons. The normalized spacial score (nSPS) is 22.2. The van der Waals surface area contributed by atoms with Gasteiger partial charge in [-0.25, -0.2) is 17.8 Å². The summed E-state index contributed by atoms with van der Waals surface area (Å²) in [5, 5.41) is 4.13. The van der Waals surface area contributed by atoms with Crippen molar-refractivity contribution in [3.05, 3.63) is 55.4 Å². The van der Waals surface area contributed by atoms with Crippen LogP contribution >= 0.6 is 0 Å². The van der Waals surface area contributed by atoms with Gasteiger partial charge < -0.3 is 4.74 Å². The predicted molar refractivity (Wildman–Crippen MR) is 110 cm³/mol. The van der Waals surface area contributed by atoms with E-state index >= 15 is 0 Å². The number of esters is 1. The van der Waals surface area contributed by atoms with Gasteiger partial charge in [-0.3, -0.25) is 4.79 Å². The molecule has 1 N–H and O–H groups in total. The minimum atomic E-state index is -3.64. The molecule has 1 aromatic heterocycles. The van der Waals surface area contributed by atoms with Gasteiger partial charge in [0.05, 0.1) is 22.6 Å². The molecular formula is C21H27N3O4S. The van der Waals surface area contributed by atoms with Crippen LogP contribution in [0.1, 0.15) is 39.0 Å². The number of hydrogen-bond donors (Lipinski definition) is 1. The first kappa shape index (κ1) is 21.3. The zero-order chi connectivity index (χ0) is 20.9. The molecule has 0 aliphatic heterocycles. The Labute approximate surface area is 171 Å². The summed E-state index contributed by atoms with van der Waals surface area (Å²) in [4.78, 5) is 12.6. The predicted octanol–water partition coefficient (Wildman–Crippen LogP) is 3.22. The number of benzene rings is 1. The molecule has 0 bridgehead atoms. The molecule has 1 saturated carbocycles. The van der Waals surface area contributed by atoms with Gasteiger partial charge in [-0.05, 0) is 69.4 Å². The van der Waals surface area contributed by atoms with Gasteiger partial charge in [-0.2, -0.15) is 5.10 Å². The number of nitrogens with zero attached hydrogens (tertiary/aromatic N) is 2. The lowest BCUT2D eigenvalue weighted by molar-refractivity contribution is -0.157. The number of allylic oxidation sites excluding steroid dienone is 1. The van der Waals surface area contributed by atoms with Crippen LogP contribution in [0.25, 0.3) is 5.69 Å². The van der Waals surface area contributed by atoms with Crippen molar-refractivity contribution in [3.63, 3.8) is 0 Å². The van der Waals surface area contributed by atoms with Crippen molar-refractivity contribution >= 4 is 16.0 Å². The zero-order valence-electron chi connectivity index (χ0n) is 16.6. The van der Waals surface area contributed by atoms with E-state index in [1.54, 1.807) is 60.4 Å². The van der Waals surface area contributed by atoms with Gasteiger partial charge in [-0.1, -0.05) is 6.08 Å². The Morgan fingerprint density at radius 1 is 1.34 bits per heavy atom. The summed E-state index contributed by atoms with van der Waals surface area (Å²) in [6.07, 6.45) is 8.05. The van der Waals surface area contributed by atoms with Crippen LogP contribution in [0.4, 0.5) is 0 Å². The number of sulfonamides is 1. The van der Waals surface area contributed by atoms with E-state index in [0.717, 1.165) is 5.69 Å². The van der Waals surface area contributed by atoms with Crippen LogP contribution in [-0.2, 0) is 19.6 Å². The van der Waals surface area contributed by atoms with Gasteiger partial charge in [0.15, 0.2) is 0 Å². The Bertz CT molecular complexity index is 929. The minimum Gasteiger partial charge on any atom is -0.466 e. The first-order valence-electron chi connectivity index (χ1n) is 9.81. The molecule has 0 amide bonds. The molecule has 1 aliphatic carbocycles. The maximum Gasteiger partial charge on any atom is 0.312 e. The average molecular weight is 418 g/mol. The third-order valence-electron chi connectivity index (χ3n) is 5.42. The highest BCUT2D eigenvalue weighted by molar-refractivity contribution is 7.89. The summed E-state index contributed by atoms with van der Waals surface area (Å²) >= 11 is 0. The second kappa shape index (κ2) is 8.92. The van der Waals surface area contributed by atoms with Crippen molar-refractivity contribution in [1.82, 2.24) is 14.5 Å². The highest BCUT2D eigenvalue weighted by atomic mass is 32.2. The Kier molecular flexibility index (Phi) is 6.54. The second-order valence-corrected chi connectivity index (χ2v) is 9.05. The Morgan fingerprint density at radius 3 is 2.59 bits per heavy atom. The molecule has 3 rings (SSSR count). The van der Waals surface area contributed by atoms with E-state index in [0.29, 0.717) is 38.7 Å². The number of carbonyl (C=O) groups excluding carboxylic acids is 1. The van der Waals surface area contributed by atoms with Crippen molar-refractivity contribution in [1.29, 1.82) is 0 Å². The first-order chi connectivity index (χ1) is 13.9. The lowest BCUT2D eigenvalue weighted by Crippen LogP contribution is -2.44. The molecule has 2 aromatic rings. The van der Waals surface area contributed by atoms with Crippen molar-refractivity contribution < 1.29 is 17.9 Å². The monoisotopic (exact) mass is 417 g/mol. The molecule has 0 saturated heterocycles. The number of nitrogens with one attached hydrogen (secondary N) is 1. The fourth-order valence-electron chi connectivity index (χ4n) is 3.83.